The average Bonchev–Trinajstić information content (AvgIpc) is 3.52. The van der Waals surface area contributed by atoms with Crippen LogP contribution in [0.2, 0.25) is 0 Å². The van der Waals surface area contributed by atoms with Crippen molar-refractivity contribution in [1.29, 1.82) is 0 Å². The van der Waals surface area contributed by atoms with Crippen LogP contribution in [0.5, 0.6) is 0 Å². The molecule has 4 heterocycles. The van der Waals surface area contributed by atoms with Gasteiger partial charge in [-0.05, 0) is 54.9 Å². The van der Waals surface area contributed by atoms with E-state index in [4.69, 9.17) is 0 Å². The van der Waals surface area contributed by atoms with Crippen molar-refractivity contribution >= 4 is 22.7 Å². The number of aryl methyl sites for hydroxylation is 1. The maximum absolute atomic E-state index is 13.2. The van der Waals surface area contributed by atoms with Gasteiger partial charge in [0.15, 0.2) is 0 Å². The molecule has 5 rings (SSSR count). The molecule has 0 radical (unpaired) electrons. The van der Waals surface area contributed by atoms with Gasteiger partial charge >= 0.3 is 0 Å². The number of likely N-dealkylation sites (tertiary alicyclic amines) is 2. The third-order valence-corrected chi connectivity index (χ3v) is 6.89. The summed E-state index contributed by atoms with van der Waals surface area (Å²) >= 11 is 0. The van der Waals surface area contributed by atoms with E-state index in [2.05, 4.69) is 20.1 Å². The first-order chi connectivity index (χ1) is 15.6. The van der Waals surface area contributed by atoms with Crippen LogP contribution in [0, 0.1) is 12.8 Å². The third-order valence-electron chi connectivity index (χ3n) is 6.89. The number of nitrogens with zero attached hydrogens (tertiary/aromatic N) is 4. The van der Waals surface area contributed by atoms with Crippen molar-refractivity contribution in [2.75, 3.05) is 19.6 Å². The van der Waals surface area contributed by atoms with Gasteiger partial charge in [-0.2, -0.15) is 5.10 Å². The molecule has 2 aliphatic rings. The summed E-state index contributed by atoms with van der Waals surface area (Å²) < 4.78 is 0. The van der Waals surface area contributed by atoms with Crippen LogP contribution in [-0.4, -0.2) is 62.5 Å². The van der Waals surface area contributed by atoms with Crippen LogP contribution < -0.4 is 0 Å². The molecule has 2 unspecified atom stereocenters. The van der Waals surface area contributed by atoms with Crippen LogP contribution in [0.1, 0.15) is 36.0 Å². The van der Waals surface area contributed by atoms with Crippen molar-refractivity contribution in [3.05, 3.63) is 59.5 Å². The Hall–Kier alpha value is -3.22. The highest BCUT2D eigenvalue weighted by Gasteiger charge is 2.39. The molecule has 0 saturated carbocycles. The van der Waals surface area contributed by atoms with E-state index in [1.165, 1.54) is 0 Å². The molecule has 7 heteroatoms. The quantitative estimate of drug-likeness (QED) is 0.673. The van der Waals surface area contributed by atoms with Crippen LogP contribution in [0.4, 0.5) is 0 Å². The third kappa shape index (κ3) is 4.24. The zero-order valence-corrected chi connectivity index (χ0v) is 18.5. The van der Waals surface area contributed by atoms with E-state index in [1.807, 2.05) is 36.1 Å². The Morgan fingerprint density at radius 1 is 1.03 bits per heavy atom. The van der Waals surface area contributed by atoms with E-state index in [-0.39, 0.29) is 17.9 Å². The van der Waals surface area contributed by atoms with Gasteiger partial charge in [0, 0.05) is 43.5 Å². The van der Waals surface area contributed by atoms with Crippen molar-refractivity contribution in [2.24, 2.45) is 5.92 Å². The van der Waals surface area contributed by atoms with Gasteiger partial charge < -0.3 is 9.80 Å². The standard InChI is InChI=1S/C25H29N5O2/c1-17-9-19(14-26-13-17)12-24(31)29-8-6-21(16-29)23-3-2-7-30(23)25(32)11-18-4-5-20-15-27-28-22(20)10-18/h4-5,9-10,13-15,21,23H,2-3,6-8,11-12,16H2,1H3,(H,27,28). The fourth-order valence-corrected chi connectivity index (χ4v) is 5.29. The monoisotopic (exact) mass is 431 g/mol. The largest absolute Gasteiger partial charge is 0.342 e. The number of hydrogen-bond donors (Lipinski definition) is 1. The lowest BCUT2D eigenvalue weighted by molar-refractivity contribution is -0.132. The van der Waals surface area contributed by atoms with E-state index in [9.17, 15) is 9.59 Å². The smallest absolute Gasteiger partial charge is 0.227 e. The first kappa shape index (κ1) is 20.7. The number of carbonyl (C=O) groups is 2. The van der Waals surface area contributed by atoms with Crippen LogP contribution in [0.15, 0.2) is 42.9 Å². The first-order valence-corrected chi connectivity index (χ1v) is 11.5. The minimum atomic E-state index is 0.156. The van der Waals surface area contributed by atoms with Crippen molar-refractivity contribution in [1.82, 2.24) is 25.0 Å². The molecule has 2 aromatic heterocycles. The summed E-state index contributed by atoms with van der Waals surface area (Å²) in [5, 5.41) is 8.09. The number of pyridine rings is 1. The molecule has 0 bridgehead atoms. The van der Waals surface area contributed by atoms with Crippen molar-refractivity contribution in [3.63, 3.8) is 0 Å². The Labute approximate surface area is 187 Å². The van der Waals surface area contributed by atoms with Gasteiger partial charge in [-0.25, -0.2) is 0 Å². The van der Waals surface area contributed by atoms with Crippen molar-refractivity contribution in [3.8, 4) is 0 Å². The summed E-state index contributed by atoms with van der Waals surface area (Å²) in [6.07, 6.45) is 9.20. The average molecular weight is 432 g/mol. The lowest BCUT2D eigenvalue weighted by Gasteiger charge is -2.30. The number of aromatic amines is 1. The van der Waals surface area contributed by atoms with E-state index in [1.54, 1.807) is 18.6 Å². The lowest BCUT2D eigenvalue weighted by atomic mass is 9.96. The molecule has 0 aliphatic carbocycles. The van der Waals surface area contributed by atoms with Gasteiger partial charge in [0.05, 0.1) is 24.6 Å². The molecule has 1 aromatic carbocycles. The van der Waals surface area contributed by atoms with E-state index >= 15 is 0 Å². The summed E-state index contributed by atoms with van der Waals surface area (Å²) in [5.74, 6) is 0.696. The Bertz CT molecular complexity index is 1140. The molecule has 3 aromatic rings. The van der Waals surface area contributed by atoms with E-state index in [0.29, 0.717) is 18.8 Å². The molecule has 0 spiro atoms. The molecular formula is C25H29N5O2. The number of H-pyrrole nitrogens is 1. The van der Waals surface area contributed by atoms with Crippen molar-refractivity contribution in [2.45, 2.75) is 45.1 Å². The second-order valence-corrected chi connectivity index (χ2v) is 9.20. The predicted molar refractivity (Wildman–Crippen MR) is 122 cm³/mol. The number of rotatable bonds is 5. The summed E-state index contributed by atoms with van der Waals surface area (Å²) in [4.78, 5) is 34.2. The van der Waals surface area contributed by atoms with Crippen molar-refractivity contribution < 1.29 is 9.59 Å². The van der Waals surface area contributed by atoms with Gasteiger partial charge in [0.1, 0.15) is 0 Å². The second kappa shape index (κ2) is 8.73. The highest BCUT2D eigenvalue weighted by atomic mass is 16.2. The predicted octanol–water partition coefficient (Wildman–Crippen LogP) is 2.89. The highest BCUT2D eigenvalue weighted by Crippen LogP contribution is 2.31. The second-order valence-electron chi connectivity index (χ2n) is 9.20. The first-order valence-electron chi connectivity index (χ1n) is 11.5. The highest BCUT2D eigenvalue weighted by molar-refractivity contribution is 5.83. The number of hydrogen-bond acceptors (Lipinski definition) is 4. The zero-order chi connectivity index (χ0) is 22.1. The summed E-state index contributed by atoms with van der Waals surface area (Å²) in [5.41, 5.74) is 4.00. The Kier molecular flexibility index (Phi) is 5.64. The number of benzene rings is 1. The van der Waals surface area contributed by atoms with Gasteiger partial charge in [-0.1, -0.05) is 18.2 Å². The Morgan fingerprint density at radius 3 is 2.78 bits per heavy atom. The Morgan fingerprint density at radius 2 is 1.91 bits per heavy atom. The van der Waals surface area contributed by atoms with E-state index < -0.39 is 0 Å². The van der Waals surface area contributed by atoms with Crippen LogP contribution in [-0.2, 0) is 22.4 Å². The molecule has 2 aliphatic heterocycles. The molecule has 32 heavy (non-hydrogen) atoms. The maximum atomic E-state index is 13.2. The Balaban J connectivity index is 1.20. The maximum Gasteiger partial charge on any atom is 0.227 e. The lowest BCUT2D eigenvalue weighted by Crippen LogP contribution is -2.42. The fourth-order valence-electron chi connectivity index (χ4n) is 5.29. The van der Waals surface area contributed by atoms with Gasteiger partial charge in [-0.3, -0.25) is 19.7 Å². The fraction of sp³-hybridized carbons (Fsp3) is 0.440. The molecule has 2 saturated heterocycles. The van der Waals surface area contributed by atoms with Gasteiger partial charge in [0.25, 0.3) is 0 Å². The summed E-state index contributed by atoms with van der Waals surface area (Å²) in [6, 6.07) is 8.29. The SMILES string of the molecule is Cc1cncc(CC(=O)N2CCC(C3CCCN3C(=O)Cc3ccc4cn[nH]c4c3)C2)c1. The minimum absolute atomic E-state index is 0.156. The molecule has 2 atom stereocenters. The number of carbonyl (C=O) groups excluding carboxylic acids is 2. The topological polar surface area (TPSA) is 82.2 Å². The minimum Gasteiger partial charge on any atom is -0.342 e. The molecule has 7 nitrogen and oxygen atoms in total. The molecular weight excluding hydrogens is 402 g/mol. The summed E-state index contributed by atoms with van der Waals surface area (Å²) in [6.45, 7) is 4.32. The number of nitrogens with one attached hydrogen (secondary N) is 1. The van der Waals surface area contributed by atoms with Crippen LogP contribution in [0.3, 0.4) is 0 Å². The molecule has 1 N–H and O–H groups in total. The molecule has 2 amide bonds. The van der Waals surface area contributed by atoms with E-state index in [0.717, 1.165) is 66.5 Å². The number of fused-ring (bicyclic) bond motifs is 1. The molecule has 2 fully saturated rings. The molecule has 166 valence electrons. The number of amides is 2. The van der Waals surface area contributed by atoms with Crippen LogP contribution in [0.25, 0.3) is 10.9 Å². The summed E-state index contributed by atoms with van der Waals surface area (Å²) in [7, 11) is 0. The van der Waals surface area contributed by atoms with Gasteiger partial charge in [0.2, 0.25) is 11.8 Å². The zero-order valence-electron chi connectivity index (χ0n) is 18.5. The normalized spacial score (nSPS) is 20.9. The van der Waals surface area contributed by atoms with Crippen LogP contribution >= 0.6 is 0 Å². The number of aromatic nitrogens is 3. The van der Waals surface area contributed by atoms with Gasteiger partial charge in [-0.15, -0.1) is 0 Å².